The third kappa shape index (κ3) is 2.38. The molecule has 0 fully saturated rings. The standard InChI is InChI=1S/C16H17N3O/c1-10-3-2-4-14-15(10)19-16(18-14)13(17)9-11-5-7-12(20)8-6-11/h2-8,13,20H,9,17H2,1H3,(H,18,19). The zero-order chi connectivity index (χ0) is 14.1. The number of phenols is 1. The fourth-order valence-corrected chi connectivity index (χ4v) is 2.35. The summed E-state index contributed by atoms with van der Waals surface area (Å²) in [5.41, 5.74) is 10.4. The summed E-state index contributed by atoms with van der Waals surface area (Å²) in [5.74, 6) is 1.06. The Bertz CT molecular complexity index is 731. The number of aromatic amines is 1. The van der Waals surface area contributed by atoms with Crippen LogP contribution in [0.5, 0.6) is 5.75 Å². The van der Waals surface area contributed by atoms with Crippen LogP contribution < -0.4 is 5.73 Å². The lowest BCUT2D eigenvalue weighted by molar-refractivity contribution is 0.475. The van der Waals surface area contributed by atoms with Crippen LogP contribution in [-0.2, 0) is 6.42 Å². The average molecular weight is 267 g/mol. The molecule has 1 heterocycles. The van der Waals surface area contributed by atoms with Crippen LogP contribution in [0.25, 0.3) is 11.0 Å². The van der Waals surface area contributed by atoms with Crippen LogP contribution in [0.1, 0.15) is 23.0 Å². The van der Waals surface area contributed by atoms with Crippen molar-refractivity contribution in [3.8, 4) is 5.75 Å². The number of phenolic OH excluding ortho intramolecular Hbond substituents is 1. The van der Waals surface area contributed by atoms with Crippen molar-refractivity contribution in [3.05, 3.63) is 59.4 Å². The van der Waals surface area contributed by atoms with Gasteiger partial charge >= 0.3 is 0 Å². The number of imidazole rings is 1. The van der Waals surface area contributed by atoms with Gasteiger partial charge in [-0.15, -0.1) is 0 Å². The largest absolute Gasteiger partial charge is 0.508 e. The van der Waals surface area contributed by atoms with Gasteiger partial charge in [-0.2, -0.15) is 0 Å². The Kier molecular flexibility index (Phi) is 3.16. The van der Waals surface area contributed by atoms with Gasteiger partial charge in [-0.1, -0.05) is 24.3 Å². The van der Waals surface area contributed by atoms with E-state index < -0.39 is 0 Å². The molecule has 2 aromatic carbocycles. The predicted molar refractivity (Wildman–Crippen MR) is 79.6 cm³/mol. The van der Waals surface area contributed by atoms with Gasteiger partial charge in [0.15, 0.2) is 0 Å². The van der Waals surface area contributed by atoms with Crippen molar-refractivity contribution < 1.29 is 5.11 Å². The Morgan fingerprint density at radius 3 is 2.65 bits per heavy atom. The van der Waals surface area contributed by atoms with Crippen molar-refractivity contribution >= 4 is 11.0 Å². The van der Waals surface area contributed by atoms with Gasteiger partial charge in [-0.25, -0.2) is 4.98 Å². The second-order valence-corrected chi connectivity index (χ2v) is 5.07. The summed E-state index contributed by atoms with van der Waals surface area (Å²) in [4.78, 5) is 7.88. The summed E-state index contributed by atoms with van der Waals surface area (Å²) < 4.78 is 0. The molecule has 0 aliphatic heterocycles. The van der Waals surface area contributed by atoms with Crippen LogP contribution in [0.15, 0.2) is 42.5 Å². The molecule has 4 heteroatoms. The topological polar surface area (TPSA) is 74.9 Å². The number of aryl methyl sites for hydroxylation is 1. The molecule has 0 spiro atoms. The summed E-state index contributed by atoms with van der Waals surface area (Å²) in [5, 5.41) is 9.28. The number of nitrogens with one attached hydrogen (secondary N) is 1. The van der Waals surface area contributed by atoms with Crippen LogP contribution in [-0.4, -0.2) is 15.1 Å². The molecule has 0 radical (unpaired) electrons. The Morgan fingerprint density at radius 2 is 1.95 bits per heavy atom. The van der Waals surface area contributed by atoms with Crippen molar-refractivity contribution in [2.24, 2.45) is 5.73 Å². The number of hydrogen-bond donors (Lipinski definition) is 3. The van der Waals surface area contributed by atoms with Crippen LogP contribution in [0, 0.1) is 6.92 Å². The van der Waals surface area contributed by atoms with E-state index in [-0.39, 0.29) is 11.8 Å². The van der Waals surface area contributed by atoms with Gasteiger partial charge < -0.3 is 15.8 Å². The molecule has 102 valence electrons. The van der Waals surface area contributed by atoms with Gasteiger partial charge in [-0.05, 0) is 42.7 Å². The second-order valence-electron chi connectivity index (χ2n) is 5.07. The molecule has 4 nitrogen and oxygen atoms in total. The van der Waals surface area contributed by atoms with Gasteiger partial charge in [0.25, 0.3) is 0 Å². The lowest BCUT2D eigenvalue weighted by atomic mass is 10.1. The van der Waals surface area contributed by atoms with Gasteiger partial charge in [0.2, 0.25) is 0 Å². The van der Waals surface area contributed by atoms with E-state index in [1.807, 2.05) is 37.3 Å². The van der Waals surface area contributed by atoms with E-state index >= 15 is 0 Å². The minimum atomic E-state index is -0.189. The highest BCUT2D eigenvalue weighted by Gasteiger charge is 2.13. The van der Waals surface area contributed by atoms with Gasteiger partial charge in [-0.3, -0.25) is 0 Å². The molecule has 0 amide bonds. The zero-order valence-electron chi connectivity index (χ0n) is 11.3. The highest BCUT2D eigenvalue weighted by molar-refractivity contribution is 5.78. The Balaban J connectivity index is 1.86. The third-order valence-electron chi connectivity index (χ3n) is 3.48. The molecular weight excluding hydrogens is 250 g/mol. The van der Waals surface area contributed by atoms with E-state index in [9.17, 15) is 5.11 Å². The van der Waals surface area contributed by atoms with Crippen molar-refractivity contribution in [2.45, 2.75) is 19.4 Å². The maximum absolute atomic E-state index is 9.28. The fraction of sp³-hybridized carbons (Fsp3) is 0.188. The molecule has 0 aliphatic carbocycles. The normalized spacial score (nSPS) is 12.7. The number of H-pyrrole nitrogens is 1. The van der Waals surface area contributed by atoms with Gasteiger partial charge in [0.1, 0.15) is 11.6 Å². The zero-order valence-corrected chi connectivity index (χ0v) is 11.3. The van der Waals surface area contributed by atoms with Gasteiger partial charge in [0, 0.05) is 0 Å². The van der Waals surface area contributed by atoms with Crippen molar-refractivity contribution in [3.63, 3.8) is 0 Å². The van der Waals surface area contributed by atoms with E-state index in [1.165, 1.54) is 0 Å². The molecule has 3 rings (SSSR count). The van der Waals surface area contributed by atoms with Gasteiger partial charge in [0.05, 0.1) is 17.1 Å². The molecule has 0 bridgehead atoms. The van der Waals surface area contributed by atoms with E-state index in [0.29, 0.717) is 6.42 Å². The first-order chi connectivity index (χ1) is 9.63. The number of rotatable bonds is 3. The Hall–Kier alpha value is -2.33. The number of hydrogen-bond acceptors (Lipinski definition) is 3. The molecule has 1 atom stereocenters. The molecule has 1 aromatic heterocycles. The summed E-state index contributed by atoms with van der Waals surface area (Å²) in [6.45, 7) is 2.04. The fourth-order valence-electron chi connectivity index (χ4n) is 2.35. The Morgan fingerprint density at radius 1 is 1.20 bits per heavy atom. The lowest BCUT2D eigenvalue weighted by Gasteiger charge is -2.08. The molecule has 0 saturated heterocycles. The van der Waals surface area contributed by atoms with E-state index in [0.717, 1.165) is 28.0 Å². The van der Waals surface area contributed by atoms with Crippen molar-refractivity contribution in [1.82, 2.24) is 9.97 Å². The maximum atomic E-state index is 9.28. The highest BCUT2D eigenvalue weighted by Crippen LogP contribution is 2.21. The Labute approximate surface area is 117 Å². The third-order valence-corrected chi connectivity index (χ3v) is 3.48. The first kappa shape index (κ1) is 12.7. The number of para-hydroxylation sites is 1. The number of aromatic nitrogens is 2. The second kappa shape index (κ2) is 4.98. The molecule has 3 aromatic rings. The SMILES string of the molecule is Cc1cccc2[nH]c(C(N)Cc3ccc(O)cc3)nc12. The monoisotopic (exact) mass is 267 g/mol. The summed E-state index contributed by atoms with van der Waals surface area (Å²) in [6.07, 6.45) is 0.680. The highest BCUT2D eigenvalue weighted by atomic mass is 16.3. The molecule has 4 N–H and O–H groups in total. The van der Waals surface area contributed by atoms with Crippen LogP contribution >= 0.6 is 0 Å². The molecule has 0 saturated carbocycles. The first-order valence-electron chi connectivity index (χ1n) is 6.62. The van der Waals surface area contributed by atoms with E-state index in [1.54, 1.807) is 12.1 Å². The number of nitrogens with two attached hydrogens (primary N) is 1. The quantitative estimate of drug-likeness (QED) is 0.683. The molecular formula is C16H17N3O. The molecule has 1 unspecified atom stereocenters. The van der Waals surface area contributed by atoms with Crippen LogP contribution in [0.2, 0.25) is 0 Å². The van der Waals surface area contributed by atoms with Crippen molar-refractivity contribution in [1.29, 1.82) is 0 Å². The van der Waals surface area contributed by atoms with Crippen LogP contribution in [0.4, 0.5) is 0 Å². The van der Waals surface area contributed by atoms with E-state index in [2.05, 4.69) is 9.97 Å². The maximum Gasteiger partial charge on any atom is 0.124 e. The van der Waals surface area contributed by atoms with Crippen molar-refractivity contribution in [2.75, 3.05) is 0 Å². The minimum Gasteiger partial charge on any atom is -0.508 e. The average Bonchev–Trinajstić information content (AvgIpc) is 2.87. The number of aromatic hydroxyl groups is 1. The number of fused-ring (bicyclic) bond motifs is 1. The number of nitrogens with zero attached hydrogens (tertiary/aromatic N) is 1. The molecule has 0 aliphatic rings. The first-order valence-corrected chi connectivity index (χ1v) is 6.62. The lowest BCUT2D eigenvalue weighted by Crippen LogP contribution is -2.14. The predicted octanol–water partition coefficient (Wildman–Crippen LogP) is 2.82. The van der Waals surface area contributed by atoms with E-state index in [4.69, 9.17) is 5.73 Å². The summed E-state index contributed by atoms with van der Waals surface area (Å²) >= 11 is 0. The smallest absolute Gasteiger partial charge is 0.124 e. The summed E-state index contributed by atoms with van der Waals surface area (Å²) in [6, 6.07) is 13.0. The minimum absolute atomic E-state index is 0.189. The summed E-state index contributed by atoms with van der Waals surface area (Å²) in [7, 11) is 0. The molecule has 20 heavy (non-hydrogen) atoms. The van der Waals surface area contributed by atoms with Crippen LogP contribution in [0.3, 0.4) is 0 Å². The number of benzene rings is 2.